The summed E-state index contributed by atoms with van der Waals surface area (Å²) in [6.45, 7) is 3.53. The van der Waals surface area contributed by atoms with E-state index in [1.165, 1.54) is 0 Å². The minimum atomic E-state index is 0.743. The van der Waals surface area contributed by atoms with Crippen molar-refractivity contribution in [3.05, 3.63) is 23.3 Å². The molecule has 0 aromatic rings. The van der Waals surface area contributed by atoms with Crippen LogP contribution >= 0.6 is 0 Å². The van der Waals surface area contributed by atoms with E-state index in [2.05, 4.69) is 0 Å². The first-order valence-corrected chi connectivity index (χ1v) is 3.94. The van der Waals surface area contributed by atoms with Crippen LogP contribution < -0.4 is 0 Å². The van der Waals surface area contributed by atoms with E-state index in [1.54, 1.807) is 13.8 Å². The van der Waals surface area contributed by atoms with Crippen LogP contribution in [-0.2, 0) is 9.59 Å². The summed E-state index contributed by atoms with van der Waals surface area (Å²) >= 11 is 0. The predicted molar refractivity (Wildman–Crippen MR) is 48.9 cm³/mol. The first kappa shape index (κ1) is 10.8. The SMILES string of the molecule is C/C(C=O)=C\CC/C=C(\C)C=O. The van der Waals surface area contributed by atoms with Crippen molar-refractivity contribution in [2.45, 2.75) is 26.7 Å². The Morgan fingerprint density at radius 2 is 1.25 bits per heavy atom. The van der Waals surface area contributed by atoms with Gasteiger partial charge in [0.05, 0.1) is 0 Å². The van der Waals surface area contributed by atoms with Crippen LogP contribution in [0.15, 0.2) is 23.3 Å². The van der Waals surface area contributed by atoms with Gasteiger partial charge in [0.1, 0.15) is 12.6 Å². The van der Waals surface area contributed by atoms with Gasteiger partial charge in [-0.1, -0.05) is 12.2 Å². The van der Waals surface area contributed by atoms with Gasteiger partial charge in [-0.2, -0.15) is 0 Å². The average molecular weight is 166 g/mol. The van der Waals surface area contributed by atoms with Crippen LogP contribution in [0, 0.1) is 0 Å². The monoisotopic (exact) mass is 166 g/mol. The molecule has 0 amide bonds. The lowest BCUT2D eigenvalue weighted by atomic mass is 10.2. The lowest BCUT2D eigenvalue weighted by Gasteiger charge is -1.89. The van der Waals surface area contributed by atoms with E-state index < -0.39 is 0 Å². The third-order valence-electron chi connectivity index (χ3n) is 1.47. The van der Waals surface area contributed by atoms with Gasteiger partial charge >= 0.3 is 0 Å². The summed E-state index contributed by atoms with van der Waals surface area (Å²) in [4.78, 5) is 20.3. The highest BCUT2D eigenvalue weighted by atomic mass is 16.1. The van der Waals surface area contributed by atoms with Crippen molar-refractivity contribution in [1.29, 1.82) is 0 Å². The second-order valence-corrected chi connectivity index (χ2v) is 2.71. The number of rotatable bonds is 5. The molecule has 0 bridgehead atoms. The molecule has 0 heterocycles. The molecule has 0 aliphatic heterocycles. The van der Waals surface area contributed by atoms with Crippen LogP contribution in [0.3, 0.4) is 0 Å². The number of hydrogen-bond acceptors (Lipinski definition) is 2. The van der Waals surface area contributed by atoms with Gasteiger partial charge in [-0.05, 0) is 37.8 Å². The van der Waals surface area contributed by atoms with Gasteiger partial charge in [0.25, 0.3) is 0 Å². The minimum absolute atomic E-state index is 0.743. The smallest absolute Gasteiger partial charge is 0.145 e. The lowest BCUT2D eigenvalue weighted by Crippen LogP contribution is -1.78. The van der Waals surface area contributed by atoms with Crippen molar-refractivity contribution in [2.75, 3.05) is 0 Å². The summed E-state index contributed by atoms with van der Waals surface area (Å²) in [6.07, 6.45) is 7.02. The maximum Gasteiger partial charge on any atom is 0.145 e. The second kappa shape index (κ2) is 6.53. The molecule has 0 aliphatic rings. The van der Waals surface area contributed by atoms with Gasteiger partial charge in [0.2, 0.25) is 0 Å². The van der Waals surface area contributed by atoms with Crippen molar-refractivity contribution in [1.82, 2.24) is 0 Å². The number of aldehydes is 2. The van der Waals surface area contributed by atoms with Crippen LogP contribution in [0.25, 0.3) is 0 Å². The zero-order valence-electron chi connectivity index (χ0n) is 7.54. The van der Waals surface area contributed by atoms with Crippen molar-refractivity contribution >= 4 is 12.6 Å². The summed E-state index contributed by atoms with van der Waals surface area (Å²) < 4.78 is 0. The van der Waals surface area contributed by atoms with Crippen LogP contribution in [0.4, 0.5) is 0 Å². The molecule has 0 spiro atoms. The molecule has 0 saturated heterocycles. The third-order valence-corrected chi connectivity index (χ3v) is 1.47. The highest BCUT2D eigenvalue weighted by molar-refractivity contribution is 5.72. The Kier molecular flexibility index (Phi) is 5.88. The Labute approximate surface area is 73.0 Å². The molecule has 0 aliphatic carbocycles. The van der Waals surface area contributed by atoms with Gasteiger partial charge in [-0.3, -0.25) is 9.59 Å². The van der Waals surface area contributed by atoms with Crippen molar-refractivity contribution in [2.24, 2.45) is 0 Å². The van der Waals surface area contributed by atoms with Gasteiger partial charge in [0, 0.05) is 0 Å². The van der Waals surface area contributed by atoms with Gasteiger partial charge in [0.15, 0.2) is 0 Å². The van der Waals surface area contributed by atoms with Crippen molar-refractivity contribution < 1.29 is 9.59 Å². The molecule has 0 aromatic carbocycles. The molecule has 0 saturated carbocycles. The van der Waals surface area contributed by atoms with Crippen LogP contribution in [0.1, 0.15) is 26.7 Å². The quantitative estimate of drug-likeness (QED) is 0.356. The highest BCUT2D eigenvalue weighted by Gasteiger charge is 1.85. The van der Waals surface area contributed by atoms with E-state index in [0.29, 0.717) is 0 Å². The Morgan fingerprint density at radius 1 is 0.917 bits per heavy atom. The molecular formula is C10H14O2. The van der Waals surface area contributed by atoms with E-state index in [-0.39, 0.29) is 0 Å². The Hall–Kier alpha value is -1.18. The van der Waals surface area contributed by atoms with Gasteiger partial charge in [-0.25, -0.2) is 0 Å². The largest absolute Gasteiger partial charge is 0.298 e. The molecular weight excluding hydrogens is 152 g/mol. The predicted octanol–water partition coefficient (Wildman–Crippen LogP) is 2.06. The average Bonchev–Trinajstić information content (AvgIpc) is 2.11. The number of carbonyl (C=O) groups is 2. The zero-order chi connectivity index (χ0) is 9.40. The molecule has 0 fully saturated rings. The highest BCUT2D eigenvalue weighted by Crippen LogP contribution is 1.99. The molecule has 2 heteroatoms. The van der Waals surface area contributed by atoms with E-state index in [4.69, 9.17) is 0 Å². The molecule has 0 rings (SSSR count). The van der Waals surface area contributed by atoms with Crippen molar-refractivity contribution in [3.63, 3.8) is 0 Å². The summed E-state index contributed by atoms with van der Waals surface area (Å²) in [5.41, 5.74) is 1.49. The fraction of sp³-hybridized carbons (Fsp3) is 0.400. The Balaban J connectivity index is 3.71. The van der Waals surface area contributed by atoms with Crippen LogP contribution in [-0.4, -0.2) is 12.6 Å². The zero-order valence-corrected chi connectivity index (χ0v) is 7.54. The maximum absolute atomic E-state index is 10.1. The second-order valence-electron chi connectivity index (χ2n) is 2.71. The summed E-state index contributed by atoms with van der Waals surface area (Å²) in [5.74, 6) is 0. The summed E-state index contributed by atoms with van der Waals surface area (Å²) in [5, 5.41) is 0. The van der Waals surface area contributed by atoms with Crippen molar-refractivity contribution in [3.8, 4) is 0 Å². The normalized spacial score (nSPS) is 12.8. The minimum Gasteiger partial charge on any atom is -0.298 e. The Bertz CT molecular complexity index is 188. The van der Waals surface area contributed by atoms with E-state index in [0.717, 1.165) is 36.6 Å². The maximum atomic E-state index is 10.1. The molecule has 12 heavy (non-hydrogen) atoms. The molecule has 0 atom stereocenters. The first-order chi connectivity index (χ1) is 5.70. The summed E-state index contributed by atoms with van der Waals surface area (Å²) in [7, 11) is 0. The lowest BCUT2D eigenvalue weighted by molar-refractivity contribution is -0.105. The molecule has 0 unspecified atom stereocenters. The number of hydrogen-bond donors (Lipinski definition) is 0. The first-order valence-electron chi connectivity index (χ1n) is 3.94. The van der Waals surface area contributed by atoms with Crippen LogP contribution in [0.5, 0.6) is 0 Å². The standard InChI is InChI=1S/C10H14O2/c1-9(7-11)5-3-4-6-10(2)8-12/h5-8H,3-4H2,1-2H3/b9-5+,10-6+. The number of allylic oxidation sites excluding steroid dienone is 4. The van der Waals surface area contributed by atoms with Gasteiger partial charge < -0.3 is 0 Å². The number of carbonyl (C=O) groups excluding carboxylic acids is 2. The topological polar surface area (TPSA) is 34.1 Å². The van der Waals surface area contributed by atoms with E-state index in [9.17, 15) is 9.59 Å². The fourth-order valence-corrected chi connectivity index (χ4v) is 0.718. The fourth-order valence-electron chi connectivity index (χ4n) is 0.718. The molecule has 2 nitrogen and oxygen atoms in total. The Morgan fingerprint density at radius 3 is 1.50 bits per heavy atom. The number of unbranched alkanes of at least 4 members (excludes halogenated alkanes) is 1. The van der Waals surface area contributed by atoms with E-state index in [1.807, 2.05) is 12.2 Å². The molecule has 0 radical (unpaired) electrons. The molecule has 0 N–H and O–H groups in total. The molecule has 0 aromatic heterocycles. The van der Waals surface area contributed by atoms with Gasteiger partial charge in [-0.15, -0.1) is 0 Å². The molecule has 66 valence electrons. The summed E-state index contributed by atoms with van der Waals surface area (Å²) in [6, 6.07) is 0. The van der Waals surface area contributed by atoms with Crippen LogP contribution in [0.2, 0.25) is 0 Å². The third kappa shape index (κ3) is 5.59. The van der Waals surface area contributed by atoms with E-state index >= 15 is 0 Å².